The highest BCUT2D eigenvalue weighted by atomic mass is 16.5. The van der Waals surface area contributed by atoms with E-state index in [9.17, 15) is 0 Å². The molecule has 2 unspecified atom stereocenters. The molecule has 92 valence electrons. The van der Waals surface area contributed by atoms with Gasteiger partial charge in [0.15, 0.2) is 0 Å². The lowest BCUT2D eigenvalue weighted by Crippen LogP contribution is -2.30. The van der Waals surface area contributed by atoms with Gasteiger partial charge in [-0.05, 0) is 45.6 Å². The Kier molecular flexibility index (Phi) is 7.29. The Morgan fingerprint density at radius 3 is 3.00 bits per heavy atom. The normalized spacial score (nSPS) is 21.5. The summed E-state index contributed by atoms with van der Waals surface area (Å²) in [7, 11) is 0. The Bertz CT molecular complexity index is 223. The van der Waals surface area contributed by atoms with Gasteiger partial charge in [-0.15, -0.1) is 11.8 Å². The summed E-state index contributed by atoms with van der Waals surface area (Å²) in [5, 5.41) is 3.57. The van der Waals surface area contributed by atoms with Gasteiger partial charge in [-0.3, -0.25) is 0 Å². The van der Waals surface area contributed by atoms with Gasteiger partial charge >= 0.3 is 0 Å². The van der Waals surface area contributed by atoms with Crippen molar-refractivity contribution < 1.29 is 4.74 Å². The zero-order valence-corrected chi connectivity index (χ0v) is 10.7. The van der Waals surface area contributed by atoms with E-state index in [4.69, 9.17) is 4.74 Å². The van der Waals surface area contributed by atoms with E-state index in [-0.39, 0.29) is 0 Å². The number of ether oxygens (including phenoxy) is 1. The first-order valence-corrected chi connectivity index (χ1v) is 6.61. The third-order valence-corrected chi connectivity index (χ3v) is 3.07. The fourth-order valence-electron chi connectivity index (χ4n) is 2.11. The van der Waals surface area contributed by atoms with Crippen molar-refractivity contribution in [1.82, 2.24) is 5.32 Å². The highest BCUT2D eigenvalue weighted by molar-refractivity contribution is 4.98. The fraction of sp³-hybridized carbons (Fsp3) is 0.857. The van der Waals surface area contributed by atoms with Crippen molar-refractivity contribution in [1.29, 1.82) is 0 Å². The molecule has 0 amide bonds. The summed E-state index contributed by atoms with van der Waals surface area (Å²) < 4.78 is 5.65. The van der Waals surface area contributed by atoms with Crippen LogP contribution in [-0.4, -0.2) is 25.3 Å². The Labute approximate surface area is 100 Å². The van der Waals surface area contributed by atoms with E-state index in [1.165, 1.54) is 32.1 Å². The second kappa shape index (κ2) is 8.61. The average molecular weight is 223 g/mol. The second-order valence-electron chi connectivity index (χ2n) is 4.49. The molecular weight excluding hydrogens is 198 g/mol. The Balaban J connectivity index is 2.20. The lowest BCUT2D eigenvalue weighted by atomic mass is 10.0. The predicted molar refractivity (Wildman–Crippen MR) is 68.4 cm³/mol. The molecule has 0 aromatic heterocycles. The van der Waals surface area contributed by atoms with Gasteiger partial charge in [0.05, 0.1) is 6.10 Å². The summed E-state index contributed by atoms with van der Waals surface area (Å²) in [6.45, 7) is 6.18. The van der Waals surface area contributed by atoms with E-state index in [0.29, 0.717) is 12.1 Å². The van der Waals surface area contributed by atoms with E-state index in [1.807, 2.05) is 6.92 Å². The van der Waals surface area contributed by atoms with Crippen LogP contribution in [0.15, 0.2) is 0 Å². The Hall–Kier alpha value is -0.520. The maximum atomic E-state index is 5.65. The smallest absolute Gasteiger partial charge is 0.0576 e. The molecule has 2 heteroatoms. The third kappa shape index (κ3) is 5.53. The highest BCUT2D eigenvalue weighted by Crippen LogP contribution is 2.18. The van der Waals surface area contributed by atoms with Crippen molar-refractivity contribution in [2.45, 2.75) is 64.5 Å². The Morgan fingerprint density at radius 1 is 1.50 bits per heavy atom. The van der Waals surface area contributed by atoms with Crippen molar-refractivity contribution in [2.75, 3.05) is 13.2 Å². The van der Waals surface area contributed by atoms with Gasteiger partial charge in [-0.1, -0.05) is 6.92 Å². The van der Waals surface area contributed by atoms with Crippen molar-refractivity contribution in [2.24, 2.45) is 0 Å². The molecule has 0 saturated carbocycles. The summed E-state index contributed by atoms with van der Waals surface area (Å²) in [4.78, 5) is 0. The summed E-state index contributed by atoms with van der Waals surface area (Å²) in [5.41, 5.74) is 0. The molecule has 0 spiro atoms. The lowest BCUT2D eigenvalue weighted by Gasteiger charge is -2.18. The molecule has 1 N–H and O–H groups in total. The molecule has 1 aliphatic rings. The zero-order valence-electron chi connectivity index (χ0n) is 10.7. The minimum atomic E-state index is 0.514. The van der Waals surface area contributed by atoms with Crippen LogP contribution < -0.4 is 5.32 Å². The molecule has 2 nitrogen and oxygen atoms in total. The van der Waals surface area contributed by atoms with E-state index in [0.717, 1.165) is 19.6 Å². The highest BCUT2D eigenvalue weighted by Gasteiger charge is 2.17. The van der Waals surface area contributed by atoms with Gasteiger partial charge in [-0.2, -0.15) is 0 Å². The molecule has 1 fully saturated rings. The Morgan fingerprint density at radius 2 is 2.38 bits per heavy atom. The van der Waals surface area contributed by atoms with Gasteiger partial charge in [0, 0.05) is 19.1 Å². The summed E-state index contributed by atoms with van der Waals surface area (Å²) in [6, 6.07) is 0.552. The molecule has 0 aliphatic carbocycles. The molecule has 1 heterocycles. The van der Waals surface area contributed by atoms with Crippen LogP contribution in [-0.2, 0) is 4.74 Å². The molecule has 2 atom stereocenters. The van der Waals surface area contributed by atoms with Gasteiger partial charge in [-0.25, -0.2) is 0 Å². The summed E-state index contributed by atoms with van der Waals surface area (Å²) in [6.07, 6.45) is 7.55. The maximum absolute atomic E-state index is 5.65. The third-order valence-electron chi connectivity index (χ3n) is 3.07. The van der Waals surface area contributed by atoms with Crippen LogP contribution in [0.2, 0.25) is 0 Å². The molecule has 0 bridgehead atoms. The van der Waals surface area contributed by atoms with Crippen LogP contribution in [0, 0.1) is 11.8 Å². The van der Waals surface area contributed by atoms with Crippen LogP contribution in [0.25, 0.3) is 0 Å². The second-order valence-corrected chi connectivity index (χ2v) is 4.49. The minimum Gasteiger partial charge on any atom is -0.378 e. The van der Waals surface area contributed by atoms with E-state index in [1.54, 1.807) is 0 Å². The first kappa shape index (κ1) is 13.5. The molecule has 1 aliphatic heterocycles. The monoisotopic (exact) mass is 223 g/mol. The van der Waals surface area contributed by atoms with Crippen LogP contribution in [0.4, 0.5) is 0 Å². The standard InChI is InChI=1S/C14H25NO/c1-3-5-7-13(15-11-4-2)9-10-14-8-6-12-16-14/h13-15H,4,6-12H2,1-2H3. The van der Waals surface area contributed by atoms with Crippen LogP contribution >= 0.6 is 0 Å². The SMILES string of the molecule is CC#CCC(CCC1CCCO1)NCCC. The number of hydrogen-bond acceptors (Lipinski definition) is 2. The van der Waals surface area contributed by atoms with E-state index < -0.39 is 0 Å². The van der Waals surface area contributed by atoms with Gasteiger partial charge in [0.2, 0.25) is 0 Å². The average Bonchev–Trinajstić information content (AvgIpc) is 2.81. The minimum absolute atomic E-state index is 0.514. The molecular formula is C14H25NO. The van der Waals surface area contributed by atoms with Crippen molar-refractivity contribution in [3.8, 4) is 11.8 Å². The van der Waals surface area contributed by atoms with Crippen LogP contribution in [0.3, 0.4) is 0 Å². The molecule has 16 heavy (non-hydrogen) atoms. The van der Waals surface area contributed by atoms with E-state index in [2.05, 4.69) is 24.1 Å². The molecule has 0 radical (unpaired) electrons. The lowest BCUT2D eigenvalue weighted by molar-refractivity contribution is 0.0997. The van der Waals surface area contributed by atoms with Crippen molar-refractivity contribution in [3.05, 3.63) is 0 Å². The molecule has 0 aromatic rings. The molecule has 1 rings (SSSR count). The van der Waals surface area contributed by atoms with Crippen molar-refractivity contribution in [3.63, 3.8) is 0 Å². The van der Waals surface area contributed by atoms with Crippen LogP contribution in [0.5, 0.6) is 0 Å². The zero-order chi connectivity index (χ0) is 11.6. The predicted octanol–water partition coefficient (Wildman–Crippen LogP) is 2.73. The van der Waals surface area contributed by atoms with Crippen molar-refractivity contribution >= 4 is 0 Å². The topological polar surface area (TPSA) is 21.3 Å². The quantitative estimate of drug-likeness (QED) is 0.670. The molecule has 1 saturated heterocycles. The maximum Gasteiger partial charge on any atom is 0.0576 e. The molecule has 0 aromatic carbocycles. The van der Waals surface area contributed by atoms with Gasteiger partial charge < -0.3 is 10.1 Å². The van der Waals surface area contributed by atoms with E-state index >= 15 is 0 Å². The number of hydrogen-bond donors (Lipinski definition) is 1. The van der Waals surface area contributed by atoms with Crippen LogP contribution in [0.1, 0.15) is 52.4 Å². The number of nitrogens with one attached hydrogen (secondary N) is 1. The van der Waals surface area contributed by atoms with Gasteiger partial charge in [0.1, 0.15) is 0 Å². The first-order chi connectivity index (χ1) is 7.86. The summed E-state index contributed by atoms with van der Waals surface area (Å²) >= 11 is 0. The largest absolute Gasteiger partial charge is 0.378 e. The summed E-state index contributed by atoms with van der Waals surface area (Å²) in [5.74, 6) is 6.16. The fourth-order valence-corrected chi connectivity index (χ4v) is 2.11. The number of rotatable bonds is 7. The van der Waals surface area contributed by atoms with Gasteiger partial charge in [0.25, 0.3) is 0 Å². The first-order valence-electron chi connectivity index (χ1n) is 6.61.